The fourth-order valence-corrected chi connectivity index (χ4v) is 2.23. The van der Waals surface area contributed by atoms with E-state index >= 15 is 0 Å². The van der Waals surface area contributed by atoms with E-state index in [0.717, 1.165) is 25.0 Å². The third kappa shape index (κ3) is 3.19. The van der Waals surface area contributed by atoms with Crippen LogP contribution in [0.25, 0.3) is 0 Å². The minimum atomic E-state index is -0.678. The molecule has 0 aromatic heterocycles. The van der Waals surface area contributed by atoms with Crippen molar-refractivity contribution in [3.05, 3.63) is 29.3 Å². The zero-order valence-electron chi connectivity index (χ0n) is 10.6. The minimum absolute atomic E-state index is 0.0237. The highest BCUT2D eigenvalue weighted by atomic mass is 32.1. The molecule has 1 saturated carbocycles. The third-order valence-corrected chi connectivity index (χ3v) is 3.41. The summed E-state index contributed by atoms with van der Waals surface area (Å²) < 4.78 is 33.0. The zero-order valence-corrected chi connectivity index (χ0v) is 11.4. The fraction of sp³-hybridized carbons (Fsp3) is 0.462. The van der Waals surface area contributed by atoms with Crippen LogP contribution in [-0.2, 0) is 4.74 Å². The van der Waals surface area contributed by atoms with Gasteiger partial charge in [-0.15, -0.1) is 0 Å². The molecule has 3 nitrogen and oxygen atoms in total. The standard InChI is InChI=1S/C13H16F2N2OS/c1-2-18-9-5-8(6-9)17-12-10(14)3-7(13(16)19)4-11(12)15/h3-4,8-9,17H,2,5-6H2,1H3,(H2,16,19). The molecule has 0 amide bonds. The third-order valence-electron chi connectivity index (χ3n) is 3.17. The lowest BCUT2D eigenvalue weighted by atomic mass is 9.89. The van der Waals surface area contributed by atoms with E-state index in [2.05, 4.69) is 5.32 Å². The first-order chi connectivity index (χ1) is 9.01. The molecule has 0 bridgehead atoms. The van der Waals surface area contributed by atoms with Gasteiger partial charge >= 0.3 is 0 Å². The summed E-state index contributed by atoms with van der Waals surface area (Å²) >= 11 is 4.70. The highest BCUT2D eigenvalue weighted by molar-refractivity contribution is 7.80. The van der Waals surface area contributed by atoms with Gasteiger partial charge in [-0.25, -0.2) is 8.78 Å². The van der Waals surface area contributed by atoms with Gasteiger partial charge in [-0.05, 0) is 31.9 Å². The molecule has 1 aliphatic carbocycles. The number of thiocarbonyl (C=S) groups is 1. The molecule has 0 atom stereocenters. The average Bonchev–Trinajstić information content (AvgIpc) is 2.29. The van der Waals surface area contributed by atoms with Crippen LogP contribution in [0.3, 0.4) is 0 Å². The van der Waals surface area contributed by atoms with E-state index in [1.54, 1.807) is 0 Å². The van der Waals surface area contributed by atoms with Crippen molar-refractivity contribution in [1.82, 2.24) is 0 Å². The first-order valence-corrected chi connectivity index (χ1v) is 6.59. The second kappa shape index (κ2) is 5.79. The van der Waals surface area contributed by atoms with Gasteiger partial charge in [0, 0.05) is 18.2 Å². The lowest BCUT2D eigenvalue weighted by molar-refractivity contribution is 0.00286. The van der Waals surface area contributed by atoms with Crippen molar-refractivity contribution < 1.29 is 13.5 Å². The van der Waals surface area contributed by atoms with Crippen LogP contribution in [0.4, 0.5) is 14.5 Å². The lowest BCUT2D eigenvalue weighted by Crippen LogP contribution is -2.41. The van der Waals surface area contributed by atoms with E-state index in [1.165, 1.54) is 0 Å². The number of anilines is 1. The van der Waals surface area contributed by atoms with Crippen molar-refractivity contribution in [3.8, 4) is 0 Å². The molecule has 6 heteroatoms. The van der Waals surface area contributed by atoms with E-state index in [1.807, 2.05) is 6.92 Å². The number of hydrogen-bond acceptors (Lipinski definition) is 3. The van der Waals surface area contributed by atoms with Gasteiger partial charge in [-0.3, -0.25) is 0 Å². The van der Waals surface area contributed by atoms with Crippen LogP contribution in [-0.4, -0.2) is 23.7 Å². The van der Waals surface area contributed by atoms with Gasteiger partial charge in [0.2, 0.25) is 0 Å². The van der Waals surface area contributed by atoms with E-state index in [0.29, 0.717) is 6.61 Å². The van der Waals surface area contributed by atoms with Gasteiger partial charge in [0.1, 0.15) is 22.3 Å². The molecule has 0 spiro atoms. The Labute approximate surface area is 116 Å². The molecule has 0 unspecified atom stereocenters. The van der Waals surface area contributed by atoms with Gasteiger partial charge in [0.25, 0.3) is 0 Å². The number of halogens is 2. The number of hydrogen-bond donors (Lipinski definition) is 2. The molecule has 3 N–H and O–H groups in total. The predicted octanol–water partition coefficient (Wildman–Crippen LogP) is 2.58. The maximum absolute atomic E-state index is 13.8. The van der Waals surface area contributed by atoms with E-state index in [4.69, 9.17) is 22.7 Å². The van der Waals surface area contributed by atoms with Crippen LogP contribution in [0.2, 0.25) is 0 Å². The number of benzene rings is 1. The smallest absolute Gasteiger partial charge is 0.150 e. The molecule has 0 aliphatic heterocycles. The SMILES string of the molecule is CCOC1CC(Nc2c(F)cc(C(N)=S)cc2F)C1. The van der Waals surface area contributed by atoms with Crippen molar-refractivity contribution in [1.29, 1.82) is 0 Å². The number of ether oxygens (including phenoxy) is 1. The van der Waals surface area contributed by atoms with Gasteiger partial charge in [-0.2, -0.15) is 0 Å². The Kier molecular flexibility index (Phi) is 4.31. The van der Waals surface area contributed by atoms with E-state index in [9.17, 15) is 8.78 Å². The molecular weight excluding hydrogens is 270 g/mol. The van der Waals surface area contributed by atoms with Crippen LogP contribution in [0.1, 0.15) is 25.3 Å². The Hall–Kier alpha value is -1.27. The van der Waals surface area contributed by atoms with Crippen molar-refractivity contribution in [2.75, 3.05) is 11.9 Å². The summed E-state index contributed by atoms with van der Waals surface area (Å²) in [5.74, 6) is -1.36. The van der Waals surface area contributed by atoms with Gasteiger partial charge < -0.3 is 15.8 Å². The summed E-state index contributed by atoms with van der Waals surface area (Å²) in [4.78, 5) is -0.0237. The largest absolute Gasteiger partial charge is 0.389 e. The molecule has 1 aromatic rings. The quantitative estimate of drug-likeness (QED) is 0.817. The Morgan fingerprint density at radius 1 is 1.42 bits per heavy atom. The summed E-state index contributed by atoms with van der Waals surface area (Å²) in [5, 5.41) is 2.86. The number of nitrogens with two attached hydrogens (primary N) is 1. The summed E-state index contributed by atoms with van der Waals surface area (Å²) in [6.07, 6.45) is 1.69. The molecule has 0 radical (unpaired) electrons. The maximum atomic E-state index is 13.8. The second-order valence-electron chi connectivity index (χ2n) is 4.57. The highest BCUT2D eigenvalue weighted by Crippen LogP contribution is 2.29. The van der Waals surface area contributed by atoms with Gasteiger partial charge in [0.05, 0.1) is 6.10 Å². The Balaban J connectivity index is 2.04. The second-order valence-corrected chi connectivity index (χ2v) is 5.01. The van der Waals surface area contributed by atoms with Crippen LogP contribution < -0.4 is 11.1 Å². The fourth-order valence-electron chi connectivity index (χ4n) is 2.11. The molecule has 1 aromatic carbocycles. The van der Waals surface area contributed by atoms with Crippen molar-refractivity contribution in [3.63, 3.8) is 0 Å². The molecule has 2 rings (SSSR count). The Bertz CT molecular complexity index is 467. The summed E-state index contributed by atoms with van der Waals surface area (Å²) in [6, 6.07) is 2.33. The van der Waals surface area contributed by atoms with Crippen LogP contribution >= 0.6 is 12.2 Å². The molecule has 1 fully saturated rings. The highest BCUT2D eigenvalue weighted by Gasteiger charge is 2.30. The van der Waals surface area contributed by atoms with Gasteiger partial charge in [0.15, 0.2) is 0 Å². The molecule has 0 heterocycles. The monoisotopic (exact) mass is 286 g/mol. The molecule has 19 heavy (non-hydrogen) atoms. The minimum Gasteiger partial charge on any atom is -0.389 e. The number of nitrogens with one attached hydrogen (secondary N) is 1. The Morgan fingerprint density at radius 3 is 2.47 bits per heavy atom. The average molecular weight is 286 g/mol. The zero-order chi connectivity index (χ0) is 14.0. The van der Waals surface area contributed by atoms with Crippen LogP contribution in [0.5, 0.6) is 0 Å². The number of rotatable bonds is 5. The Morgan fingerprint density at radius 2 is 2.00 bits per heavy atom. The molecule has 104 valence electrons. The van der Waals surface area contributed by atoms with Crippen LogP contribution in [0.15, 0.2) is 12.1 Å². The summed E-state index contributed by atoms with van der Waals surface area (Å²) in [6.45, 7) is 2.58. The first kappa shape index (κ1) is 14.1. The normalized spacial score (nSPS) is 21.8. The first-order valence-electron chi connectivity index (χ1n) is 6.18. The topological polar surface area (TPSA) is 47.3 Å². The predicted molar refractivity (Wildman–Crippen MR) is 74.3 cm³/mol. The van der Waals surface area contributed by atoms with Crippen LogP contribution in [0, 0.1) is 11.6 Å². The molecular formula is C13H16F2N2OS. The summed E-state index contributed by atoms with van der Waals surface area (Å²) in [5.41, 5.74) is 5.42. The van der Waals surface area contributed by atoms with E-state index in [-0.39, 0.29) is 28.4 Å². The lowest BCUT2D eigenvalue weighted by Gasteiger charge is -2.36. The molecule has 0 saturated heterocycles. The van der Waals surface area contributed by atoms with Crippen molar-refractivity contribution in [2.24, 2.45) is 5.73 Å². The maximum Gasteiger partial charge on any atom is 0.150 e. The van der Waals surface area contributed by atoms with E-state index < -0.39 is 11.6 Å². The van der Waals surface area contributed by atoms with Crippen molar-refractivity contribution >= 4 is 22.9 Å². The van der Waals surface area contributed by atoms with Gasteiger partial charge in [-0.1, -0.05) is 12.2 Å². The van der Waals surface area contributed by atoms with Crippen molar-refractivity contribution in [2.45, 2.75) is 31.9 Å². The molecule has 1 aliphatic rings. The summed E-state index contributed by atoms with van der Waals surface area (Å²) in [7, 11) is 0.